The third kappa shape index (κ3) is 2.59. The van der Waals surface area contributed by atoms with E-state index in [-0.39, 0.29) is 0 Å². The molecule has 0 aromatic carbocycles. The molecule has 1 aromatic heterocycles. The molecule has 1 aromatic rings. The van der Waals surface area contributed by atoms with Gasteiger partial charge in [0.25, 0.3) is 0 Å². The van der Waals surface area contributed by atoms with Gasteiger partial charge < -0.3 is 14.8 Å². The van der Waals surface area contributed by atoms with Crippen LogP contribution in [0.3, 0.4) is 0 Å². The van der Waals surface area contributed by atoms with Gasteiger partial charge in [0.05, 0.1) is 5.60 Å². The van der Waals surface area contributed by atoms with Gasteiger partial charge >= 0.3 is 0 Å². The molecule has 1 fully saturated rings. The highest BCUT2D eigenvalue weighted by atomic mass is 16.3. The molecule has 0 bridgehead atoms. The zero-order valence-electron chi connectivity index (χ0n) is 11.3. The maximum absolute atomic E-state index is 10.6. The normalized spacial score (nSPS) is 30.3. The van der Waals surface area contributed by atoms with Crippen LogP contribution in [0.25, 0.3) is 0 Å². The number of aromatic nitrogens is 2. The van der Waals surface area contributed by atoms with Crippen molar-refractivity contribution in [2.45, 2.75) is 64.2 Å². The number of aliphatic hydroxyl groups excluding tert-OH is 1. The molecule has 1 atom stereocenters. The first-order chi connectivity index (χ1) is 8.57. The van der Waals surface area contributed by atoms with Gasteiger partial charge in [0, 0.05) is 18.9 Å². The van der Waals surface area contributed by atoms with Gasteiger partial charge in [-0.05, 0) is 38.0 Å². The molecule has 2 rings (SSSR count). The third-order valence-electron chi connectivity index (χ3n) is 4.11. The second-order valence-corrected chi connectivity index (χ2v) is 5.67. The minimum Gasteiger partial charge on any atom is -0.387 e. The lowest BCUT2D eigenvalue weighted by molar-refractivity contribution is -0.110. The second-order valence-electron chi connectivity index (χ2n) is 5.67. The van der Waals surface area contributed by atoms with E-state index in [0.717, 1.165) is 25.8 Å². The van der Waals surface area contributed by atoms with Gasteiger partial charge in [-0.2, -0.15) is 0 Å². The molecule has 0 spiro atoms. The van der Waals surface area contributed by atoms with E-state index in [2.05, 4.69) is 18.8 Å². The Bertz CT molecular complexity index is 381. The van der Waals surface area contributed by atoms with Crippen LogP contribution in [0.5, 0.6) is 0 Å². The van der Waals surface area contributed by atoms with Crippen molar-refractivity contribution in [2.24, 2.45) is 5.92 Å². The summed E-state index contributed by atoms with van der Waals surface area (Å²) < 4.78 is 1.95. The SMILES string of the molecule is CCCn1ccnc1C(O)C1(O)CCC(C)CC1. The quantitative estimate of drug-likeness (QED) is 0.864. The largest absolute Gasteiger partial charge is 0.387 e. The molecular weight excluding hydrogens is 228 g/mol. The summed E-state index contributed by atoms with van der Waals surface area (Å²) in [5.41, 5.74) is -0.997. The van der Waals surface area contributed by atoms with Gasteiger partial charge in [-0.1, -0.05) is 13.8 Å². The number of aryl methyl sites for hydroxylation is 1. The van der Waals surface area contributed by atoms with E-state index in [0.29, 0.717) is 24.6 Å². The summed E-state index contributed by atoms with van der Waals surface area (Å²) in [5, 5.41) is 21.1. The average Bonchev–Trinajstić information content (AvgIpc) is 2.81. The van der Waals surface area contributed by atoms with Crippen molar-refractivity contribution in [3.8, 4) is 0 Å². The molecule has 1 aliphatic rings. The van der Waals surface area contributed by atoms with E-state index in [1.165, 1.54) is 0 Å². The summed E-state index contributed by atoms with van der Waals surface area (Å²) in [7, 11) is 0. The fraction of sp³-hybridized carbons (Fsp3) is 0.786. The van der Waals surface area contributed by atoms with E-state index in [1.54, 1.807) is 6.20 Å². The van der Waals surface area contributed by atoms with Crippen molar-refractivity contribution >= 4 is 0 Å². The predicted molar refractivity (Wildman–Crippen MR) is 70.1 cm³/mol. The molecule has 1 heterocycles. The lowest BCUT2D eigenvalue weighted by Gasteiger charge is -2.38. The third-order valence-corrected chi connectivity index (χ3v) is 4.11. The van der Waals surface area contributed by atoms with Crippen LogP contribution in [0.4, 0.5) is 0 Å². The summed E-state index contributed by atoms with van der Waals surface area (Å²) in [5.74, 6) is 1.25. The van der Waals surface area contributed by atoms with Gasteiger partial charge in [-0.25, -0.2) is 4.98 Å². The zero-order chi connectivity index (χ0) is 13.2. The Morgan fingerprint density at radius 3 is 2.78 bits per heavy atom. The van der Waals surface area contributed by atoms with Crippen LogP contribution in [0.15, 0.2) is 12.4 Å². The molecule has 0 saturated heterocycles. The van der Waals surface area contributed by atoms with E-state index < -0.39 is 11.7 Å². The van der Waals surface area contributed by atoms with Crippen molar-refractivity contribution in [2.75, 3.05) is 0 Å². The molecule has 0 aliphatic heterocycles. The molecule has 1 unspecified atom stereocenters. The van der Waals surface area contributed by atoms with Crippen LogP contribution < -0.4 is 0 Å². The molecule has 0 amide bonds. The first-order valence-corrected chi connectivity index (χ1v) is 6.98. The fourth-order valence-corrected chi connectivity index (χ4v) is 2.77. The van der Waals surface area contributed by atoms with Gasteiger partial charge in [0.1, 0.15) is 11.9 Å². The molecule has 4 nitrogen and oxygen atoms in total. The highest BCUT2D eigenvalue weighted by Crippen LogP contribution is 2.39. The van der Waals surface area contributed by atoms with Crippen LogP contribution in [0, 0.1) is 5.92 Å². The lowest BCUT2D eigenvalue weighted by Crippen LogP contribution is -2.41. The second kappa shape index (κ2) is 5.41. The summed E-state index contributed by atoms with van der Waals surface area (Å²) in [6.45, 7) is 5.12. The molecule has 1 saturated carbocycles. The van der Waals surface area contributed by atoms with Crippen molar-refractivity contribution in [3.63, 3.8) is 0 Å². The van der Waals surface area contributed by atoms with Gasteiger partial charge in [0.15, 0.2) is 0 Å². The first kappa shape index (κ1) is 13.6. The van der Waals surface area contributed by atoms with Crippen molar-refractivity contribution in [3.05, 3.63) is 18.2 Å². The zero-order valence-corrected chi connectivity index (χ0v) is 11.3. The Hall–Kier alpha value is -0.870. The smallest absolute Gasteiger partial charge is 0.140 e. The molecule has 0 radical (unpaired) electrons. The van der Waals surface area contributed by atoms with Gasteiger partial charge in [0.2, 0.25) is 0 Å². The summed E-state index contributed by atoms with van der Waals surface area (Å²) >= 11 is 0. The van der Waals surface area contributed by atoms with E-state index >= 15 is 0 Å². The lowest BCUT2D eigenvalue weighted by atomic mass is 9.76. The maximum atomic E-state index is 10.6. The number of nitrogens with zero attached hydrogens (tertiary/aromatic N) is 2. The molecule has 1 aliphatic carbocycles. The van der Waals surface area contributed by atoms with Gasteiger partial charge in [-0.3, -0.25) is 0 Å². The Morgan fingerprint density at radius 2 is 2.17 bits per heavy atom. The topological polar surface area (TPSA) is 58.3 Å². The van der Waals surface area contributed by atoms with Crippen LogP contribution >= 0.6 is 0 Å². The molecular formula is C14H24N2O2. The Kier molecular flexibility index (Phi) is 4.07. The molecule has 18 heavy (non-hydrogen) atoms. The highest BCUT2D eigenvalue weighted by Gasteiger charge is 2.41. The van der Waals surface area contributed by atoms with Crippen LogP contribution in [-0.4, -0.2) is 25.4 Å². The molecule has 2 N–H and O–H groups in total. The highest BCUT2D eigenvalue weighted by molar-refractivity contribution is 5.05. The number of hydrogen-bond acceptors (Lipinski definition) is 3. The maximum Gasteiger partial charge on any atom is 0.140 e. The first-order valence-electron chi connectivity index (χ1n) is 6.98. The summed E-state index contributed by atoms with van der Waals surface area (Å²) in [6.07, 6.45) is 6.96. The Balaban J connectivity index is 2.14. The minimum atomic E-state index is -0.997. The van der Waals surface area contributed by atoms with Crippen molar-refractivity contribution in [1.29, 1.82) is 0 Å². The number of aliphatic hydroxyl groups is 2. The molecule has 4 heteroatoms. The van der Waals surface area contributed by atoms with Crippen LogP contribution in [0.1, 0.15) is 57.9 Å². The fourth-order valence-electron chi connectivity index (χ4n) is 2.77. The monoisotopic (exact) mass is 252 g/mol. The number of hydrogen-bond donors (Lipinski definition) is 2. The van der Waals surface area contributed by atoms with Crippen LogP contribution in [0.2, 0.25) is 0 Å². The predicted octanol–water partition coefficient (Wildman–Crippen LogP) is 2.27. The van der Waals surface area contributed by atoms with Crippen molar-refractivity contribution in [1.82, 2.24) is 9.55 Å². The van der Waals surface area contributed by atoms with E-state index in [9.17, 15) is 10.2 Å². The van der Waals surface area contributed by atoms with E-state index in [1.807, 2.05) is 10.8 Å². The molecule has 102 valence electrons. The van der Waals surface area contributed by atoms with E-state index in [4.69, 9.17) is 0 Å². The summed E-state index contributed by atoms with van der Waals surface area (Å²) in [6, 6.07) is 0. The minimum absolute atomic E-state index is 0.605. The van der Waals surface area contributed by atoms with Crippen LogP contribution in [-0.2, 0) is 6.54 Å². The van der Waals surface area contributed by atoms with Crippen molar-refractivity contribution < 1.29 is 10.2 Å². The average molecular weight is 252 g/mol. The summed E-state index contributed by atoms with van der Waals surface area (Å²) in [4.78, 5) is 4.23. The van der Waals surface area contributed by atoms with Gasteiger partial charge in [-0.15, -0.1) is 0 Å². The number of rotatable bonds is 4. The standard InChI is InChI=1S/C14H24N2O2/c1-3-9-16-10-8-15-13(16)12(17)14(18)6-4-11(2)5-7-14/h8,10-12,17-18H,3-7,9H2,1-2H3. The number of imidazole rings is 1. The Morgan fingerprint density at radius 1 is 1.50 bits per heavy atom. The Labute approximate surface area is 109 Å².